The van der Waals surface area contributed by atoms with Crippen LogP contribution in [0.25, 0.3) is 0 Å². The zero-order valence-corrected chi connectivity index (χ0v) is 10.5. The molecule has 1 N–H and O–H groups in total. The van der Waals surface area contributed by atoms with E-state index in [9.17, 15) is 13.2 Å². The number of rotatable bonds is 6. The zero-order chi connectivity index (χ0) is 12.3. The van der Waals surface area contributed by atoms with E-state index >= 15 is 0 Å². The Balaban J connectivity index is 2.35. The summed E-state index contributed by atoms with van der Waals surface area (Å²) < 4.78 is 24.8. The van der Waals surface area contributed by atoms with Gasteiger partial charge in [0.15, 0.2) is 0 Å². The highest BCUT2D eigenvalue weighted by Crippen LogP contribution is 2.23. The average Bonchev–Trinajstić information content (AvgIpc) is 2.07. The number of carboxylic acid groups (broad SMARTS) is 1. The van der Waals surface area contributed by atoms with Gasteiger partial charge in [0.05, 0.1) is 12.2 Å². The van der Waals surface area contributed by atoms with Crippen LogP contribution in [-0.2, 0) is 14.8 Å². The first kappa shape index (κ1) is 13.4. The van der Waals surface area contributed by atoms with Crippen LogP contribution in [0.1, 0.15) is 26.7 Å². The van der Waals surface area contributed by atoms with Crippen LogP contribution < -0.4 is 0 Å². The van der Waals surface area contributed by atoms with Crippen molar-refractivity contribution in [2.24, 2.45) is 11.8 Å². The monoisotopic (exact) mass is 249 g/mol. The van der Waals surface area contributed by atoms with Crippen molar-refractivity contribution in [1.82, 2.24) is 4.31 Å². The standard InChI is InChI=1S/C10H19NO4S/c1-8(2)3-4-16(14,15)11-6-9(7-11)5-10(12)13/h8-9H,3-7H2,1-2H3,(H,12,13). The first-order valence-corrected chi connectivity index (χ1v) is 7.12. The van der Waals surface area contributed by atoms with E-state index in [1.807, 2.05) is 13.8 Å². The Bertz CT molecular complexity index is 344. The molecule has 0 unspecified atom stereocenters. The smallest absolute Gasteiger partial charge is 0.303 e. The second kappa shape index (κ2) is 5.14. The van der Waals surface area contributed by atoms with Gasteiger partial charge in [-0.1, -0.05) is 13.8 Å². The van der Waals surface area contributed by atoms with E-state index in [2.05, 4.69) is 0 Å². The van der Waals surface area contributed by atoms with Gasteiger partial charge in [-0.2, -0.15) is 0 Å². The summed E-state index contributed by atoms with van der Waals surface area (Å²) in [5, 5.41) is 8.55. The van der Waals surface area contributed by atoms with Crippen molar-refractivity contribution in [1.29, 1.82) is 0 Å². The predicted molar refractivity (Wildman–Crippen MR) is 60.6 cm³/mol. The first-order chi connectivity index (χ1) is 7.31. The fourth-order valence-electron chi connectivity index (χ4n) is 1.64. The van der Waals surface area contributed by atoms with Crippen LogP contribution in [0, 0.1) is 11.8 Å². The summed E-state index contributed by atoms with van der Waals surface area (Å²) in [4.78, 5) is 10.4. The number of sulfonamides is 1. The van der Waals surface area contributed by atoms with Crippen molar-refractivity contribution in [3.63, 3.8) is 0 Å². The summed E-state index contributed by atoms with van der Waals surface area (Å²) in [6.07, 6.45) is 0.721. The molecule has 0 aliphatic carbocycles. The molecule has 0 aromatic heterocycles. The number of hydrogen-bond acceptors (Lipinski definition) is 3. The molecule has 0 atom stereocenters. The lowest BCUT2D eigenvalue weighted by atomic mass is 10.00. The lowest BCUT2D eigenvalue weighted by molar-refractivity contribution is -0.139. The van der Waals surface area contributed by atoms with E-state index in [0.717, 1.165) is 0 Å². The van der Waals surface area contributed by atoms with Crippen LogP contribution in [0.15, 0.2) is 0 Å². The van der Waals surface area contributed by atoms with Gasteiger partial charge < -0.3 is 5.11 Å². The van der Waals surface area contributed by atoms with Gasteiger partial charge in [0, 0.05) is 13.1 Å². The molecular weight excluding hydrogens is 230 g/mol. The van der Waals surface area contributed by atoms with Gasteiger partial charge in [0.2, 0.25) is 10.0 Å². The Kier molecular flexibility index (Phi) is 4.32. The lowest BCUT2D eigenvalue weighted by Crippen LogP contribution is -2.51. The molecule has 1 aliphatic heterocycles. The van der Waals surface area contributed by atoms with Crippen molar-refractivity contribution in [3.8, 4) is 0 Å². The Hall–Kier alpha value is -0.620. The third-order valence-corrected chi connectivity index (χ3v) is 4.57. The summed E-state index contributed by atoms with van der Waals surface area (Å²) in [6.45, 7) is 4.71. The molecule has 16 heavy (non-hydrogen) atoms. The number of carbonyl (C=O) groups is 1. The van der Waals surface area contributed by atoms with Gasteiger partial charge in [0.25, 0.3) is 0 Å². The molecule has 1 saturated heterocycles. The van der Waals surface area contributed by atoms with Crippen LogP contribution >= 0.6 is 0 Å². The Morgan fingerprint density at radius 2 is 2.00 bits per heavy atom. The molecule has 6 heteroatoms. The third-order valence-electron chi connectivity index (χ3n) is 2.73. The summed E-state index contributed by atoms with van der Waals surface area (Å²) in [5.74, 6) is -0.328. The molecule has 0 spiro atoms. The fourth-order valence-corrected chi connectivity index (χ4v) is 3.54. The Morgan fingerprint density at radius 1 is 1.44 bits per heavy atom. The second-order valence-electron chi connectivity index (χ2n) is 4.78. The lowest BCUT2D eigenvalue weighted by Gasteiger charge is -2.37. The number of aliphatic carboxylic acids is 1. The van der Waals surface area contributed by atoms with Crippen LogP contribution in [0.3, 0.4) is 0 Å². The van der Waals surface area contributed by atoms with Crippen molar-refractivity contribution in [2.75, 3.05) is 18.8 Å². The van der Waals surface area contributed by atoms with Crippen LogP contribution in [-0.4, -0.2) is 42.6 Å². The topological polar surface area (TPSA) is 74.7 Å². The number of nitrogens with zero attached hydrogens (tertiary/aromatic N) is 1. The van der Waals surface area contributed by atoms with Crippen LogP contribution in [0.5, 0.6) is 0 Å². The maximum absolute atomic E-state index is 11.7. The molecule has 94 valence electrons. The Labute approximate surface area is 96.5 Å². The SMILES string of the molecule is CC(C)CCS(=O)(=O)N1CC(CC(=O)O)C1. The first-order valence-electron chi connectivity index (χ1n) is 5.51. The number of hydrogen-bond donors (Lipinski definition) is 1. The van der Waals surface area contributed by atoms with Gasteiger partial charge in [0.1, 0.15) is 0 Å². The van der Waals surface area contributed by atoms with Crippen molar-refractivity contribution >= 4 is 16.0 Å². The largest absolute Gasteiger partial charge is 0.481 e. The Morgan fingerprint density at radius 3 is 2.44 bits per heavy atom. The molecule has 1 fully saturated rings. The molecule has 0 radical (unpaired) electrons. The van der Waals surface area contributed by atoms with Crippen LogP contribution in [0.2, 0.25) is 0 Å². The van der Waals surface area contributed by atoms with Gasteiger partial charge in [-0.25, -0.2) is 12.7 Å². The predicted octanol–water partition coefficient (Wildman–Crippen LogP) is 0.769. The molecule has 0 amide bonds. The van der Waals surface area contributed by atoms with Crippen molar-refractivity contribution in [2.45, 2.75) is 26.7 Å². The molecule has 0 aromatic rings. The third kappa shape index (κ3) is 3.75. The van der Waals surface area contributed by atoms with Crippen molar-refractivity contribution < 1.29 is 18.3 Å². The van der Waals surface area contributed by atoms with Gasteiger partial charge >= 0.3 is 5.97 Å². The number of carboxylic acids is 1. The molecule has 5 nitrogen and oxygen atoms in total. The molecule has 0 saturated carbocycles. The second-order valence-corrected chi connectivity index (χ2v) is 6.87. The molecule has 0 aromatic carbocycles. The summed E-state index contributed by atoms with van der Waals surface area (Å²) in [5.41, 5.74) is 0. The van der Waals surface area contributed by atoms with E-state index in [-0.39, 0.29) is 18.1 Å². The van der Waals surface area contributed by atoms with E-state index < -0.39 is 16.0 Å². The minimum atomic E-state index is -3.15. The molecule has 1 aliphatic rings. The minimum Gasteiger partial charge on any atom is -0.481 e. The fraction of sp³-hybridized carbons (Fsp3) is 0.900. The van der Waals surface area contributed by atoms with E-state index in [4.69, 9.17) is 5.11 Å². The highest BCUT2D eigenvalue weighted by atomic mass is 32.2. The average molecular weight is 249 g/mol. The van der Waals surface area contributed by atoms with E-state index in [0.29, 0.717) is 25.4 Å². The highest BCUT2D eigenvalue weighted by molar-refractivity contribution is 7.89. The van der Waals surface area contributed by atoms with Crippen molar-refractivity contribution in [3.05, 3.63) is 0 Å². The van der Waals surface area contributed by atoms with Gasteiger partial charge in [-0.15, -0.1) is 0 Å². The molecule has 1 rings (SSSR count). The van der Waals surface area contributed by atoms with Gasteiger partial charge in [-0.3, -0.25) is 4.79 Å². The molecule has 0 bridgehead atoms. The van der Waals surface area contributed by atoms with Crippen LogP contribution in [0.4, 0.5) is 0 Å². The maximum atomic E-state index is 11.7. The van der Waals surface area contributed by atoms with Gasteiger partial charge in [-0.05, 0) is 18.3 Å². The normalized spacial score (nSPS) is 18.7. The quantitative estimate of drug-likeness (QED) is 0.754. The zero-order valence-electron chi connectivity index (χ0n) is 9.72. The molecular formula is C10H19NO4S. The summed E-state index contributed by atoms with van der Waals surface area (Å²) in [7, 11) is -3.15. The van der Waals surface area contributed by atoms with E-state index in [1.54, 1.807) is 0 Å². The van der Waals surface area contributed by atoms with E-state index in [1.165, 1.54) is 4.31 Å². The maximum Gasteiger partial charge on any atom is 0.303 e. The summed E-state index contributed by atoms with van der Waals surface area (Å²) >= 11 is 0. The molecule has 1 heterocycles. The highest BCUT2D eigenvalue weighted by Gasteiger charge is 2.36. The minimum absolute atomic E-state index is 0.00803. The summed E-state index contributed by atoms with van der Waals surface area (Å²) in [6, 6.07) is 0.